The number of ether oxygens (including phenoxy) is 2. The van der Waals surface area contributed by atoms with Gasteiger partial charge in [-0.1, -0.05) is 63.3 Å². The van der Waals surface area contributed by atoms with E-state index in [-0.39, 0.29) is 18.2 Å². The third-order valence-corrected chi connectivity index (χ3v) is 4.53. The number of carbonyl (C=O) groups excluding carboxylic acids is 1. The fourth-order valence-corrected chi connectivity index (χ4v) is 2.75. The Hall–Kier alpha value is -1.09. The predicted octanol–water partition coefficient (Wildman–Crippen LogP) is 6.13. The van der Waals surface area contributed by atoms with Gasteiger partial charge in [0.1, 0.15) is 12.2 Å². The van der Waals surface area contributed by atoms with Crippen LogP contribution in [0.25, 0.3) is 0 Å². The Morgan fingerprint density at radius 2 is 1.60 bits per heavy atom. The van der Waals surface area contributed by atoms with Crippen molar-refractivity contribution in [2.24, 2.45) is 0 Å². The van der Waals surface area contributed by atoms with E-state index in [4.69, 9.17) is 9.47 Å². The molecule has 0 amide bonds. The lowest BCUT2D eigenvalue weighted by Crippen LogP contribution is -2.19. The topological polar surface area (TPSA) is 38.8 Å². The number of unbranched alkanes of at least 4 members (excludes halogenated alkanes) is 8. The first-order chi connectivity index (χ1) is 12.2. The van der Waals surface area contributed by atoms with Crippen LogP contribution in [0.2, 0.25) is 0 Å². The minimum atomic E-state index is -0.0783. The Balaban J connectivity index is 1.80. The molecule has 1 aliphatic heterocycles. The molecule has 3 heteroatoms. The summed E-state index contributed by atoms with van der Waals surface area (Å²) >= 11 is 0. The van der Waals surface area contributed by atoms with Gasteiger partial charge < -0.3 is 9.47 Å². The SMILES string of the molecule is CCCCC/C=C\C/C=C\CCCCCCCC(=O)OC(C)C1CO1. The van der Waals surface area contributed by atoms with Crippen LogP contribution in [0.3, 0.4) is 0 Å². The van der Waals surface area contributed by atoms with Gasteiger partial charge in [0, 0.05) is 6.42 Å². The van der Waals surface area contributed by atoms with Crippen molar-refractivity contribution in [1.29, 1.82) is 0 Å². The highest BCUT2D eigenvalue weighted by Crippen LogP contribution is 2.17. The fraction of sp³-hybridized carbons (Fsp3) is 0.773. The summed E-state index contributed by atoms with van der Waals surface area (Å²) < 4.78 is 10.4. The van der Waals surface area contributed by atoms with Crippen molar-refractivity contribution in [3.05, 3.63) is 24.3 Å². The Labute approximate surface area is 154 Å². The average molecular weight is 351 g/mol. The Kier molecular flexibility index (Phi) is 13.3. The third-order valence-electron chi connectivity index (χ3n) is 4.53. The van der Waals surface area contributed by atoms with E-state index in [9.17, 15) is 4.79 Å². The normalized spacial score (nSPS) is 18.1. The smallest absolute Gasteiger partial charge is 0.306 e. The van der Waals surface area contributed by atoms with E-state index in [1.165, 1.54) is 51.4 Å². The van der Waals surface area contributed by atoms with Crippen LogP contribution in [0.5, 0.6) is 0 Å². The highest BCUT2D eigenvalue weighted by molar-refractivity contribution is 5.69. The van der Waals surface area contributed by atoms with Crippen LogP contribution in [-0.2, 0) is 14.3 Å². The lowest BCUT2D eigenvalue weighted by molar-refractivity contribution is -0.149. The largest absolute Gasteiger partial charge is 0.460 e. The molecule has 0 N–H and O–H groups in total. The van der Waals surface area contributed by atoms with Crippen molar-refractivity contribution < 1.29 is 14.3 Å². The first kappa shape index (κ1) is 22.0. The van der Waals surface area contributed by atoms with Crippen LogP contribution in [0.4, 0.5) is 0 Å². The van der Waals surface area contributed by atoms with Crippen LogP contribution >= 0.6 is 0 Å². The molecule has 1 rings (SSSR count). The fourth-order valence-electron chi connectivity index (χ4n) is 2.75. The third kappa shape index (κ3) is 13.8. The predicted molar refractivity (Wildman–Crippen MR) is 105 cm³/mol. The highest BCUT2D eigenvalue weighted by atomic mass is 16.6. The molecule has 0 aliphatic carbocycles. The lowest BCUT2D eigenvalue weighted by atomic mass is 10.1. The molecule has 0 bridgehead atoms. The molecule has 0 saturated carbocycles. The second-order valence-corrected chi connectivity index (χ2v) is 7.05. The van der Waals surface area contributed by atoms with E-state index in [2.05, 4.69) is 31.2 Å². The average Bonchev–Trinajstić information content (AvgIpc) is 3.43. The monoisotopic (exact) mass is 350 g/mol. The second-order valence-electron chi connectivity index (χ2n) is 7.05. The number of esters is 1. The maximum absolute atomic E-state index is 11.6. The number of allylic oxidation sites excluding steroid dienone is 4. The van der Waals surface area contributed by atoms with Crippen molar-refractivity contribution in [3.8, 4) is 0 Å². The zero-order valence-electron chi connectivity index (χ0n) is 16.4. The minimum Gasteiger partial charge on any atom is -0.460 e. The van der Waals surface area contributed by atoms with Gasteiger partial charge in [0.25, 0.3) is 0 Å². The second kappa shape index (κ2) is 15.2. The molecule has 1 fully saturated rings. The Bertz CT molecular complexity index is 383. The number of hydrogen-bond acceptors (Lipinski definition) is 3. The van der Waals surface area contributed by atoms with Crippen LogP contribution in [-0.4, -0.2) is 24.8 Å². The van der Waals surface area contributed by atoms with Gasteiger partial charge in [-0.05, 0) is 45.4 Å². The zero-order valence-corrected chi connectivity index (χ0v) is 16.4. The maximum Gasteiger partial charge on any atom is 0.306 e. The number of carbonyl (C=O) groups is 1. The molecule has 1 aliphatic rings. The van der Waals surface area contributed by atoms with Crippen molar-refractivity contribution in [2.75, 3.05) is 6.61 Å². The van der Waals surface area contributed by atoms with Gasteiger partial charge in [-0.25, -0.2) is 0 Å². The Morgan fingerprint density at radius 3 is 2.24 bits per heavy atom. The summed E-state index contributed by atoms with van der Waals surface area (Å²) in [4.78, 5) is 11.6. The number of hydrogen-bond donors (Lipinski definition) is 0. The van der Waals surface area contributed by atoms with Crippen LogP contribution in [0, 0.1) is 0 Å². The molecule has 2 unspecified atom stereocenters. The summed E-state index contributed by atoms with van der Waals surface area (Å²) in [6, 6.07) is 0. The zero-order chi connectivity index (χ0) is 18.2. The van der Waals surface area contributed by atoms with Gasteiger partial charge in [-0.3, -0.25) is 4.79 Å². The summed E-state index contributed by atoms with van der Waals surface area (Å²) in [6.45, 7) is 4.89. The molecule has 0 spiro atoms. The van der Waals surface area contributed by atoms with Crippen molar-refractivity contribution in [3.63, 3.8) is 0 Å². The molecule has 0 aromatic heterocycles. The molecular weight excluding hydrogens is 312 g/mol. The van der Waals surface area contributed by atoms with Crippen molar-refractivity contribution >= 4 is 5.97 Å². The van der Waals surface area contributed by atoms with E-state index in [1.54, 1.807) is 0 Å². The molecule has 144 valence electrons. The van der Waals surface area contributed by atoms with Gasteiger partial charge in [-0.15, -0.1) is 0 Å². The summed E-state index contributed by atoms with van der Waals surface area (Å²) in [7, 11) is 0. The van der Waals surface area contributed by atoms with Gasteiger partial charge in [-0.2, -0.15) is 0 Å². The highest BCUT2D eigenvalue weighted by Gasteiger charge is 2.31. The van der Waals surface area contributed by atoms with E-state index in [0.717, 1.165) is 25.9 Å². The molecular formula is C22H38O3. The molecule has 2 atom stereocenters. The molecule has 3 nitrogen and oxygen atoms in total. The van der Waals surface area contributed by atoms with E-state index >= 15 is 0 Å². The molecule has 0 aromatic rings. The minimum absolute atomic E-state index is 0.0753. The van der Waals surface area contributed by atoms with Gasteiger partial charge >= 0.3 is 5.97 Å². The van der Waals surface area contributed by atoms with Crippen molar-refractivity contribution in [2.45, 2.75) is 103 Å². The van der Waals surface area contributed by atoms with E-state index in [0.29, 0.717) is 6.42 Å². The molecule has 0 aromatic carbocycles. The summed E-state index contributed by atoms with van der Waals surface area (Å²) in [5.74, 6) is -0.0753. The number of epoxide rings is 1. The molecule has 1 heterocycles. The quantitative estimate of drug-likeness (QED) is 0.145. The molecule has 1 saturated heterocycles. The van der Waals surface area contributed by atoms with Crippen LogP contribution in [0.1, 0.15) is 90.9 Å². The molecule has 0 radical (unpaired) electrons. The van der Waals surface area contributed by atoms with Crippen molar-refractivity contribution in [1.82, 2.24) is 0 Å². The molecule has 25 heavy (non-hydrogen) atoms. The van der Waals surface area contributed by atoms with Crippen LogP contribution in [0.15, 0.2) is 24.3 Å². The van der Waals surface area contributed by atoms with E-state index in [1.807, 2.05) is 6.92 Å². The first-order valence-electron chi connectivity index (χ1n) is 10.3. The van der Waals surface area contributed by atoms with Gasteiger partial charge in [0.05, 0.1) is 6.61 Å². The van der Waals surface area contributed by atoms with E-state index < -0.39 is 0 Å². The number of rotatable bonds is 16. The summed E-state index contributed by atoms with van der Waals surface area (Å²) in [5, 5.41) is 0. The Morgan fingerprint density at radius 1 is 1.00 bits per heavy atom. The first-order valence-corrected chi connectivity index (χ1v) is 10.3. The lowest BCUT2D eigenvalue weighted by Gasteiger charge is -2.10. The maximum atomic E-state index is 11.6. The van der Waals surface area contributed by atoms with Gasteiger partial charge in [0.15, 0.2) is 0 Å². The standard InChI is InChI=1S/C22H38O3/c1-3-4-5-6-7-8-9-10-11-12-13-14-15-16-17-18-22(23)25-20(2)21-19-24-21/h7-8,10-11,20-21H,3-6,9,12-19H2,1-2H3/b8-7-,11-10-. The summed E-state index contributed by atoms with van der Waals surface area (Å²) in [5.41, 5.74) is 0. The van der Waals surface area contributed by atoms with Gasteiger partial charge in [0.2, 0.25) is 0 Å². The van der Waals surface area contributed by atoms with Crippen LogP contribution < -0.4 is 0 Å². The summed E-state index contributed by atoms with van der Waals surface area (Å²) in [6.07, 6.45) is 23.0.